The summed E-state index contributed by atoms with van der Waals surface area (Å²) >= 11 is 1.81. The molecule has 2 aromatic heterocycles. The van der Waals surface area contributed by atoms with Gasteiger partial charge in [0.15, 0.2) is 0 Å². The van der Waals surface area contributed by atoms with Crippen molar-refractivity contribution in [3.63, 3.8) is 0 Å². The summed E-state index contributed by atoms with van der Waals surface area (Å²) in [5.41, 5.74) is 2.40. The standard InChI is InChI=1S/C13H17N.C11H13N.C9H19N.C8H13NO.C7H11NS.C6H15NO.2C5H13NO.C4H11NO/c1-3-14(4-2)12-8-11-13-9-6-5-7-10-13;1-3-9-12(2)10-11-7-5-4-6-8-11;1-10(2)8-9-6-4-3-5-7-9;1-7-4-5-8(10-7)6-9(2)3;1-8(2)6-7-4-3-5-9-7;1-7(2)5-3-4-6-8;1-5(7)4-6(2)3;1-6(2)4-3-5-7;1-5(2)3-4-6/h5-7,9-10H,3-4,12H2,1-2H3;1,4-8H,9-10H2,2H3;9H,3-8H2,1-2H3;4-5H,6H2,1-3H3;3-5H,6H2,1-2H3;8H,3-6H2,1-2H3;5,7H,4H2,1-3H3;7H,3-5H2,1-2H3;6H,3-4H2,1-2H3. The average Bonchev–Trinajstić information content (AvgIpc) is 4.10. The van der Waals surface area contributed by atoms with Crippen molar-refractivity contribution in [2.75, 3.05) is 184 Å². The number of aliphatic hydroxyl groups is 4. The molecule has 1 aliphatic rings. The van der Waals surface area contributed by atoms with Gasteiger partial charge in [-0.05, 0) is 225 Å². The molecule has 83 heavy (non-hydrogen) atoms. The zero-order valence-electron chi connectivity index (χ0n) is 56.3. The lowest BCUT2D eigenvalue weighted by atomic mass is 9.89. The third kappa shape index (κ3) is 68.7. The van der Waals surface area contributed by atoms with Crippen molar-refractivity contribution < 1.29 is 24.8 Å². The second kappa shape index (κ2) is 61.1. The normalized spacial score (nSPS) is 12.0. The average molecular weight is 1180 g/mol. The fourth-order valence-corrected chi connectivity index (χ4v) is 8.29. The van der Waals surface area contributed by atoms with Crippen LogP contribution in [0.5, 0.6) is 0 Å². The molecule has 1 saturated carbocycles. The van der Waals surface area contributed by atoms with E-state index in [4.69, 9.17) is 31.3 Å². The molecule has 2 heterocycles. The van der Waals surface area contributed by atoms with E-state index in [9.17, 15) is 0 Å². The largest absolute Gasteiger partial charge is 0.465 e. The number of rotatable bonds is 23. The fraction of sp³-hybridized carbons (Fsp3) is 0.647. The molecule has 478 valence electrons. The zero-order valence-corrected chi connectivity index (χ0v) is 57.1. The molecule has 4 N–H and O–H groups in total. The second-order valence-corrected chi connectivity index (χ2v) is 23.6. The Balaban J connectivity index is -0.000000428. The Kier molecular flexibility index (Phi) is 62.9. The molecule has 1 aliphatic carbocycles. The van der Waals surface area contributed by atoms with E-state index in [1.54, 1.807) is 6.92 Å². The van der Waals surface area contributed by atoms with Crippen LogP contribution in [-0.4, -0.2) is 255 Å². The summed E-state index contributed by atoms with van der Waals surface area (Å²) in [5, 5.41) is 35.6. The van der Waals surface area contributed by atoms with E-state index in [-0.39, 0.29) is 12.7 Å². The summed E-state index contributed by atoms with van der Waals surface area (Å²) in [7, 11) is 30.4. The maximum absolute atomic E-state index is 8.68. The smallest absolute Gasteiger partial charge is 0.118 e. The number of unbranched alkanes of at least 4 members (excludes halogenated alkanes) is 1. The van der Waals surface area contributed by atoms with Crippen molar-refractivity contribution in [1.29, 1.82) is 0 Å². The maximum atomic E-state index is 8.68. The maximum Gasteiger partial charge on any atom is 0.118 e. The number of aryl methyl sites for hydroxylation is 1. The van der Waals surface area contributed by atoms with Gasteiger partial charge in [0, 0.05) is 56.4 Å². The van der Waals surface area contributed by atoms with Crippen LogP contribution in [-0.2, 0) is 19.6 Å². The van der Waals surface area contributed by atoms with Gasteiger partial charge in [0.1, 0.15) is 11.5 Å². The van der Waals surface area contributed by atoms with Gasteiger partial charge >= 0.3 is 0 Å². The highest BCUT2D eigenvalue weighted by molar-refractivity contribution is 7.09. The predicted molar refractivity (Wildman–Crippen MR) is 361 cm³/mol. The van der Waals surface area contributed by atoms with Gasteiger partial charge in [0.05, 0.1) is 32.3 Å². The molecule has 0 saturated heterocycles. The van der Waals surface area contributed by atoms with Crippen LogP contribution < -0.4 is 0 Å². The lowest BCUT2D eigenvalue weighted by Gasteiger charge is -2.24. The highest BCUT2D eigenvalue weighted by Gasteiger charge is 2.13. The van der Waals surface area contributed by atoms with Crippen LogP contribution in [0.3, 0.4) is 0 Å². The zero-order chi connectivity index (χ0) is 63.6. The summed E-state index contributed by atoms with van der Waals surface area (Å²) in [6.45, 7) is 20.4. The number of furan rings is 1. The number of nitrogens with zero attached hydrogens (tertiary/aromatic N) is 9. The minimum Gasteiger partial charge on any atom is -0.465 e. The van der Waals surface area contributed by atoms with Gasteiger partial charge in [0.2, 0.25) is 0 Å². The van der Waals surface area contributed by atoms with Crippen LogP contribution in [0.4, 0.5) is 0 Å². The van der Waals surface area contributed by atoms with Crippen LogP contribution in [0.15, 0.2) is 94.7 Å². The first-order valence-corrected chi connectivity index (χ1v) is 30.8. The number of hydrogen-bond acceptors (Lipinski definition) is 15. The molecule has 1 unspecified atom stereocenters. The molecule has 2 aromatic carbocycles. The summed E-state index contributed by atoms with van der Waals surface area (Å²) in [5.74, 6) is 12.0. The molecule has 0 radical (unpaired) electrons. The number of terminal acetylenes is 1. The van der Waals surface area contributed by atoms with Gasteiger partial charge in [-0.2, -0.15) is 0 Å². The summed E-state index contributed by atoms with van der Waals surface area (Å²) in [6, 6.07) is 28.7. The van der Waals surface area contributed by atoms with E-state index < -0.39 is 0 Å². The summed E-state index contributed by atoms with van der Waals surface area (Å²) in [6.07, 6.45) is 15.3. The lowest BCUT2D eigenvalue weighted by Crippen LogP contribution is -2.23. The molecule has 15 heteroatoms. The van der Waals surface area contributed by atoms with Crippen LogP contribution in [0.25, 0.3) is 0 Å². The number of aliphatic hydroxyl groups excluding tert-OH is 4. The topological polar surface area (TPSA) is 123 Å². The molecule has 1 atom stereocenters. The summed E-state index contributed by atoms with van der Waals surface area (Å²) in [4.78, 5) is 20.5. The van der Waals surface area contributed by atoms with E-state index in [0.29, 0.717) is 19.8 Å². The number of thiophene rings is 1. The Morgan fingerprint density at radius 3 is 1.49 bits per heavy atom. The third-order valence-corrected chi connectivity index (χ3v) is 12.3. The molecule has 0 spiro atoms. The summed E-state index contributed by atoms with van der Waals surface area (Å²) < 4.78 is 5.35. The Morgan fingerprint density at radius 2 is 1.12 bits per heavy atom. The van der Waals surface area contributed by atoms with E-state index >= 15 is 0 Å². The SMILES string of the molecule is C#CCN(C)Cc1ccccc1.CC(O)CN(C)C.CCN(CC)CC#Cc1ccccc1.CN(C)CC1CCCCC1.CN(C)CCCCO.CN(C)CCCO.CN(C)CCO.CN(C)Cc1cccs1.Cc1ccc(CN(C)C)o1. The van der Waals surface area contributed by atoms with Gasteiger partial charge < -0.3 is 59.1 Å². The van der Waals surface area contributed by atoms with Crippen molar-refractivity contribution in [2.45, 2.75) is 105 Å². The van der Waals surface area contributed by atoms with E-state index in [2.05, 4.69) is 124 Å². The molecular weight excluding hydrogens is 1050 g/mol. The molecule has 4 aromatic rings. The lowest BCUT2D eigenvalue weighted by molar-refractivity contribution is 0.154. The predicted octanol–water partition coefficient (Wildman–Crippen LogP) is 9.44. The van der Waals surface area contributed by atoms with Gasteiger partial charge in [-0.15, -0.1) is 17.8 Å². The Morgan fingerprint density at radius 1 is 0.578 bits per heavy atom. The van der Waals surface area contributed by atoms with Gasteiger partial charge in [0.25, 0.3) is 0 Å². The monoisotopic (exact) mass is 1180 g/mol. The third-order valence-electron chi connectivity index (χ3n) is 11.5. The minimum atomic E-state index is -0.199. The number of likely N-dealkylation sites (N-methyl/N-ethyl adjacent to an activating group) is 2. The minimum absolute atomic E-state index is 0.199. The Labute approximate surface area is 515 Å². The Bertz CT molecular complexity index is 1980. The first kappa shape index (κ1) is 85.5. The van der Waals surface area contributed by atoms with Crippen LogP contribution in [0.2, 0.25) is 0 Å². The Hall–Kier alpha value is -3.98. The second-order valence-electron chi connectivity index (χ2n) is 22.6. The molecule has 0 aliphatic heterocycles. The van der Waals surface area contributed by atoms with E-state index in [0.717, 1.165) is 108 Å². The van der Waals surface area contributed by atoms with Crippen LogP contribution >= 0.6 is 11.3 Å². The van der Waals surface area contributed by atoms with Crippen molar-refractivity contribution in [3.8, 4) is 24.2 Å². The number of benzene rings is 2. The highest BCUT2D eigenvalue weighted by Crippen LogP contribution is 2.23. The molecule has 14 nitrogen and oxygen atoms in total. The first-order chi connectivity index (χ1) is 39.4. The van der Waals surface area contributed by atoms with Crippen LogP contribution in [0, 0.1) is 37.0 Å². The van der Waals surface area contributed by atoms with Crippen molar-refractivity contribution in [2.24, 2.45) is 5.92 Å². The molecule has 0 amide bonds. The fourth-order valence-electron chi connectivity index (χ4n) is 7.47. The van der Waals surface area contributed by atoms with Crippen molar-refractivity contribution >= 4 is 11.3 Å². The van der Waals surface area contributed by atoms with Crippen molar-refractivity contribution in [1.82, 2.24) is 44.1 Å². The number of hydrogen-bond donors (Lipinski definition) is 4. The molecular formula is C68H125N9O5S. The van der Waals surface area contributed by atoms with Crippen molar-refractivity contribution in [3.05, 3.63) is 118 Å². The molecule has 1 fully saturated rings. The molecule has 0 bridgehead atoms. The van der Waals surface area contributed by atoms with E-state index in [1.807, 2.05) is 166 Å². The van der Waals surface area contributed by atoms with Gasteiger partial charge in [-0.25, -0.2) is 0 Å². The van der Waals surface area contributed by atoms with Gasteiger partial charge in [-0.3, -0.25) is 9.80 Å². The molecule has 5 rings (SSSR count). The highest BCUT2D eigenvalue weighted by atomic mass is 32.1. The first-order valence-electron chi connectivity index (χ1n) is 29.9. The van der Waals surface area contributed by atoms with Gasteiger partial charge in [-0.1, -0.05) is 105 Å². The van der Waals surface area contributed by atoms with Crippen LogP contribution in [0.1, 0.15) is 99.7 Å². The van der Waals surface area contributed by atoms with E-state index in [1.165, 1.54) is 49.1 Å². The quantitative estimate of drug-likeness (QED) is 0.0417.